The largest absolute Gasteiger partial charge is 0.466 e. The molecule has 0 bridgehead atoms. The lowest BCUT2D eigenvalue weighted by Gasteiger charge is -2.30. The Hall–Kier alpha value is -2.30. The number of aliphatic imine (C=N–C) groups is 1. The van der Waals surface area contributed by atoms with Crippen molar-refractivity contribution in [3.63, 3.8) is 0 Å². The molecule has 0 saturated heterocycles. The van der Waals surface area contributed by atoms with Crippen LogP contribution in [0, 0.1) is 0 Å². The molecule has 0 fully saturated rings. The molecule has 1 aromatic carbocycles. The summed E-state index contributed by atoms with van der Waals surface area (Å²) in [6.07, 6.45) is 0. The molecule has 0 radical (unpaired) electrons. The van der Waals surface area contributed by atoms with Gasteiger partial charge in [0.1, 0.15) is 0 Å². The van der Waals surface area contributed by atoms with Crippen LogP contribution < -0.4 is 10.6 Å². The van der Waals surface area contributed by atoms with Crippen LogP contribution in [0.4, 0.5) is 0 Å². The minimum Gasteiger partial charge on any atom is -0.466 e. The molecular weight excluding hydrogens is 242 g/mol. The molecule has 0 spiro atoms. The number of rotatable bonds is 2. The van der Waals surface area contributed by atoms with Crippen molar-refractivity contribution in [2.45, 2.75) is 13.0 Å². The molecule has 100 valence electrons. The van der Waals surface area contributed by atoms with Crippen molar-refractivity contribution in [3.8, 4) is 0 Å². The highest BCUT2D eigenvalue weighted by atomic mass is 16.5. The van der Waals surface area contributed by atoms with Gasteiger partial charge in [0, 0.05) is 12.7 Å². The van der Waals surface area contributed by atoms with Crippen LogP contribution in [-0.2, 0) is 9.53 Å². The molecule has 1 aliphatic rings. The highest BCUT2D eigenvalue weighted by Gasteiger charge is 2.30. The van der Waals surface area contributed by atoms with Gasteiger partial charge in [-0.1, -0.05) is 30.3 Å². The van der Waals surface area contributed by atoms with Gasteiger partial charge in [0.05, 0.1) is 18.7 Å². The first kappa shape index (κ1) is 13.1. The summed E-state index contributed by atoms with van der Waals surface area (Å²) in [5.41, 5.74) is 2.31. The number of hydrogen-bond acceptors (Lipinski definition) is 3. The zero-order chi connectivity index (χ0) is 13.8. The zero-order valence-electron chi connectivity index (χ0n) is 11.2. The standard InChI is InChI=1S/C14H17N3O2/c1-9-11(13(18)19-3)12(17-14(15-2)16-9)10-7-5-4-6-8-10/h4-8,12H,1-3H3,(H2,15,16,17). The van der Waals surface area contributed by atoms with Gasteiger partial charge in [0.15, 0.2) is 5.96 Å². The van der Waals surface area contributed by atoms with Gasteiger partial charge in [-0.25, -0.2) is 4.79 Å². The van der Waals surface area contributed by atoms with E-state index in [-0.39, 0.29) is 12.0 Å². The van der Waals surface area contributed by atoms with E-state index in [0.717, 1.165) is 11.3 Å². The van der Waals surface area contributed by atoms with Crippen molar-refractivity contribution in [1.29, 1.82) is 0 Å². The lowest BCUT2D eigenvalue weighted by atomic mass is 9.96. The van der Waals surface area contributed by atoms with E-state index in [9.17, 15) is 4.79 Å². The monoisotopic (exact) mass is 259 g/mol. The quantitative estimate of drug-likeness (QED) is 0.787. The summed E-state index contributed by atoms with van der Waals surface area (Å²) < 4.78 is 4.86. The Kier molecular flexibility index (Phi) is 3.85. The maximum Gasteiger partial charge on any atom is 0.337 e. The number of nitrogens with one attached hydrogen (secondary N) is 2. The van der Waals surface area contributed by atoms with Crippen molar-refractivity contribution in [3.05, 3.63) is 47.2 Å². The maximum absolute atomic E-state index is 12.0. The number of methoxy groups -OCH3 is 1. The molecule has 2 rings (SSSR count). The Labute approximate surface area is 112 Å². The Morgan fingerprint density at radius 1 is 1.32 bits per heavy atom. The summed E-state index contributed by atoms with van der Waals surface area (Å²) in [4.78, 5) is 16.1. The van der Waals surface area contributed by atoms with E-state index in [2.05, 4.69) is 15.6 Å². The van der Waals surface area contributed by atoms with Crippen LogP contribution in [0.25, 0.3) is 0 Å². The molecule has 1 aromatic rings. The second-order valence-corrected chi connectivity index (χ2v) is 4.22. The third-order valence-corrected chi connectivity index (χ3v) is 3.04. The molecule has 5 nitrogen and oxygen atoms in total. The number of hydrogen-bond donors (Lipinski definition) is 2. The fourth-order valence-electron chi connectivity index (χ4n) is 2.10. The summed E-state index contributed by atoms with van der Waals surface area (Å²) in [7, 11) is 3.07. The fraction of sp³-hybridized carbons (Fsp3) is 0.286. The minimum absolute atomic E-state index is 0.256. The lowest BCUT2D eigenvalue weighted by molar-refractivity contribution is -0.136. The van der Waals surface area contributed by atoms with Crippen LogP contribution in [0.15, 0.2) is 46.6 Å². The SMILES string of the molecule is CN=C1NC(C)=C(C(=O)OC)C(c2ccccc2)N1. The van der Waals surface area contributed by atoms with E-state index < -0.39 is 0 Å². The van der Waals surface area contributed by atoms with Gasteiger partial charge in [0.25, 0.3) is 0 Å². The van der Waals surface area contributed by atoms with Gasteiger partial charge in [-0.15, -0.1) is 0 Å². The van der Waals surface area contributed by atoms with Crippen molar-refractivity contribution in [2.24, 2.45) is 4.99 Å². The average Bonchev–Trinajstić information content (AvgIpc) is 2.46. The molecular formula is C14H17N3O2. The Morgan fingerprint density at radius 2 is 2.00 bits per heavy atom. The van der Waals surface area contributed by atoms with Gasteiger partial charge in [-0.3, -0.25) is 4.99 Å². The minimum atomic E-state index is -0.346. The van der Waals surface area contributed by atoms with Crippen LogP contribution in [0.3, 0.4) is 0 Å². The maximum atomic E-state index is 12.0. The van der Waals surface area contributed by atoms with E-state index in [4.69, 9.17) is 4.74 Å². The smallest absolute Gasteiger partial charge is 0.337 e. The molecule has 1 unspecified atom stereocenters. The van der Waals surface area contributed by atoms with Crippen LogP contribution in [0.2, 0.25) is 0 Å². The van der Waals surface area contributed by atoms with E-state index >= 15 is 0 Å². The summed E-state index contributed by atoms with van der Waals surface area (Å²) in [6, 6.07) is 9.48. The molecule has 1 aliphatic heterocycles. The Balaban J connectivity index is 2.48. The Morgan fingerprint density at radius 3 is 2.58 bits per heavy atom. The van der Waals surface area contributed by atoms with Crippen LogP contribution in [-0.4, -0.2) is 26.1 Å². The van der Waals surface area contributed by atoms with Gasteiger partial charge in [-0.05, 0) is 12.5 Å². The van der Waals surface area contributed by atoms with Gasteiger partial charge < -0.3 is 15.4 Å². The molecule has 0 amide bonds. The molecule has 1 heterocycles. The molecule has 0 saturated carbocycles. The highest BCUT2D eigenvalue weighted by molar-refractivity contribution is 5.96. The number of benzene rings is 1. The predicted octanol–water partition coefficient (Wildman–Crippen LogP) is 1.35. The van der Waals surface area contributed by atoms with Crippen LogP contribution >= 0.6 is 0 Å². The van der Waals surface area contributed by atoms with Crippen molar-refractivity contribution < 1.29 is 9.53 Å². The number of esters is 1. The van der Waals surface area contributed by atoms with E-state index in [0.29, 0.717) is 11.5 Å². The van der Waals surface area contributed by atoms with Gasteiger partial charge in [-0.2, -0.15) is 0 Å². The molecule has 1 atom stereocenters. The number of ether oxygens (including phenoxy) is 1. The van der Waals surface area contributed by atoms with Crippen molar-refractivity contribution in [2.75, 3.05) is 14.2 Å². The number of carbonyl (C=O) groups excluding carboxylic acids is 1. The molecule has 2 N–H and O–H groups in total. The van der Waals surface area contributed by atoms with Gasteiger partial charge in [0.2, 0.25) is 0 Å². The first-order valence-corrected chi connectivity index (χ1v) is 6.01. The van der Waals surface area contributed by atoms with Crippen LogP contribution in [0.5, 0.6) is 0 Å². The third kappa shape index (κ3) is 2.59. The molecule has 19 heavy (non-hydrogen) atoms. The van der Waals surface area contributed by atoms with Crippen molar-refractivity contribution in [1.82, 2.24) is 10.6 Å². The van der Waals surface area contributed by atoms with Crippen molar-refractivity contribution >= 4 is 11.9 Å². The fourth-order valence-corrected chi connectivity index (χ4v) is 2.10. The summed E-state index contributed by atoms with van der Waals surface area (Å²) in [5, 5.41) is 6.24. The summed E-state index contributed by atoms with van der Waals surface area (Å²) in [5.74, 6) is 0.292. The number of nitrogens with zero attached hydrogens (tertiary/aromatic N) is 1. The number of allylic oxidation sites excluding steroid dienone is 1. The highest BCUT2D eigenvalue weighted by Crippen LogP contribution is 2.27. The predicted molar refractivity (Wildman–Crippen MR) is 73.5 cm³/mol. The number of guanidine groups is 1. The molecule has 5 heteroatoms. The van der Waals surface area contributed by atoms with Gasteiger partial charge >= 0.3 is 5.97 Å². The normalized spacial score (nSPS) is 20.8. The summed E-state index contributed by atoms with van der Waals surface area (Å²) in [6.45, 7) is 1.84. The van der Waals surface area contributed by atoms with Crippen LogP contribution in [0.1, 0.15) is 18.5 Å². The second-order valence-electron chi connectivity index (χ2n) is 4.22. The molecule has 0 aromatic heterocycles. The van der Waals surface area contributed by atoms with E-state index in [1.807, 2.05) is 37.3 Å². The first-order valence-electron chi connectivity index (χ1n) is 6.01. The summed E-state index contributed by atoms with van der Waals surface area (Å²) >= 11 is 0. The lowest BCUT2D eigenvalue weighted by Crippen LogP contribution is -2.46. The first-order chi connectivity index (χ1) is 9.17. The Bertz CT molecular complexity index is 535. The van der Waals surface area contributed by atoms with E-state index in [1.165, 1.54) is 7.11 Å². The zero-order valence-corrected chi connectivity index (χ0v) is 11.2. The number of carbonyl (C=O) groups is 1. The van der Waals surface area contributed by atoms with E-state index in [1.54, 1.807) is 7.05 Å². The average molecular weight is 259 g/mol. The third-order valence-electron chi connectivity index (χ3n) is 3.04. The second kappa shape index (κ2) is 5.56. The topological polar surface area (TPSA) is 62.7 Å². The molecule has 0 aliphatic carbocycles.